The number of hydrogen-bond acceptors (Lipinski definition) is 3. The van der Waals surface area contributed by atoms with Crippen molar-refractivity contribution in [2.75, 3.05) is 26.7 Å². The molecule has 1 aliphatic carbocycles. The molecule has 1 aromatic rings. The standard InChI is InChI=1S/C17H29N5O/c1-21-9-4-3-5-13(12-21)11-19-17(23)20-15(14-6-7-14)16-18-8-10-22(16)2/h8,10,13-15H,3-7,9,11-12H2,1-2H3,(H2,19,20,23). The summed E-state index contributed by atoms with van der Waals surface area (Å²) in [6.45, 7) is 3.01. The number of carbonyl (C=O) groups is 1. The van der Waals surface area contributed by atoms with E-state index < -0.39 is 0 Å². The van der Waals surface area contributed by atoms with Crippen LogP contribution in [0.25, 0.3) is 0 Å². The van der Waals surface area contributed by atoms with E-state index in [1.807, 2.05) is 17.8 Å². The van der Waals surface area contributed by atoms with Crippen LogP contribution in [0.3, 0.4) is 0 Å². The second-order valence-electron chi connectivity index (χ2n) is 7.19. The molecule has 2 unspecified atom stereocenters. The lowest BCUT2D eigenvalue weighted by Gasteiger charge is -2.22. The number of aryl methyl sites for hydroxylation is 1. The first kappa shape index (κ1) is 16.3. The van der Waals surface area contributed by atoms with E-state index >= 15 is 0 Å². The van der Waals surface area contributed by atoms with Crippen LogP contribution in [0.1, 0.15) is 44.0 Å². The molecule has 1 aromatic heterocycles. The molecule has 6 heteroatoms. The van der Waals surface area contributed by atoms with E-state index in [-0.39, 0.29) is 12.1 Å². The van der Waals surface area contributed by atoms with Crippen molar-refractivity contribution in [1.82, 2.24) is 25.1 Å². The molecule has 0 radical (unpaired) electrons. The highest BCUT2D eigenvalue weighted by Gasteiger charge is 2.35. The summed E-state index contributed by atoms with van der Waals surface area (Å²) in [5, 5.41) is 6.22. The molecule has 0 aromatic carbocycles. The molecular weight excluding hydrogens is 290 g/mol. The molecule has 2 atom stereocenters. The van der Waals surface area contributed by atoms with Gasteiger partial charge in [0.25, 0.3) is 0 Å². The molecule has 6 nitrogen and oxygen atoms in total. The molecular formula is C17H29N5O. The number of hydrogen-bond donors (Lipinski definition) is 2. The third-order valence-corrected chi connectivity index (χ3v) is 5.04. The molecule has 128 valence electrons. The van der Waals surface area contributed by atoms with Crippen LogP contribution in [0.4, 0.5) is 4.79 Å². The van der Waals surface area contributed by atoms with Gasteiger partial charge in [-0.15, -0.1) is 0 Å². The molecule has 23 heavy (non-hydrogen) atoms. The van der Waals surface area contributed by atoms with Gasteiger partial charge < -0.3 is 20.1 Å². The molecule has 3 rings (SSSR count). The number of urea groups is 1. The third-order valence-electron chi connectivity index (χ3n) is 5.04. The summed E-state index contributed by atoms with van der Waals surface area (Å²) in [4.78, 5) is 19.1. The van der Waals surface area contributed by atoms with E-state index in [1.54, 1.807) is 6.20 Å². The Kier molecular flexibility index (Phi) is 5.20. The van der Waals surface area contributed by atoms with Crippen LogP contribution in [-0.4, -0.2) is 47.2 Å². The molecule has 1 aliphatic heterocycles. The van der Waals surface area contributed by atoms with Gasteiger partial charge in [0.15, 0.2) is 0 Å². The first-order valence-corrected chi connectivity index (χ1v) is 8.83. The van der Waals surface area contributed by atoms with Crippen LogP contribution in [0.2, 0.25) is 0 Å². The summed E-state index contributed by atoms with van der Waals surface area (Å²) in [5.41, 5.74) is 0. The minimum atomic E-state index is -0.0585. The second kappa shape index (κ2) is 7.34. The number of amides is 2. The molecule has 1 saturated carbocycles. The minimum Gasteiger partial charge on any atom is -0.338 e. The average Bonchev–Trinajstić information content (AvgIpc) is 3.30. The fraction of sp³-hybridized carbons (Fsp3) is 0.765. The summed E-state index contributed by atoms with van der Waals surface area (Å²) in [7, 11) is 4.15. The Hall–Kier alpha value is -1.56. The minimum absolute atomic E-state index is 0.0341. The van der Waals surface area contributed by atoms with Gasteiger partial charge in [-0.05, 0) is 51.1 Å². The molecule has 2 amide bonds. The number of imidazole rings is 1. The summed E-state index contributed by atoms with van der Waals surface area (Å²) in [5.74, 6) is 2.04. The fourth-order valence-electron chi connectivity index (χ4n) is 3.53. The van der Waals surface area contributed by atoms with Crippen molar-refractivity contribution in [1.29, 1.82) is 0 Å². The molecule has 2 fully saturated rings. The van der Waals surface area contributed by atoms with E-state index in [4.69, 9.17) is 0 Å². The summed E-state index contributed by atoms with van der Waals surface area (Å²) < 4.78 is 2.00. The van der Waals surface area contributed by atoms with E-state index in [9.17, 15) is 4.79 Å². The normalized spacial score (nSPS) is 24.0. The summed E-state index contributed by atoms with van der Waals surface area (Å²) in [6.07, 6.45) is 9.81. The van der Waals surface area contributed by atoms with Gasteiger partial charge in [-0.2, -0.15) is 0 Å². The average molecular weight is 319 g/mol. The van der Waals surface area contributed by atoms with Crippen LogP contribution in [0.15, 0.2) is 12.4 Å². The highest BCUT2D eigenvalue weighted by Crippen LogP contribution is 2.40. The van der Waals surface area contributed by atoms with Gasteiger partial charge in [-0.25, -0.2) is 9.78 Å². The lowest BCUT2D eigenvalue weighted by Crippen LogP contribution is -2.42. The predicted octanol–water partition coefficient (Wildman–Crippen LogP) is 1.90. The largest absolute Gasteiger partial charge is 0.338 e. The van der Waals surface area contributed by atoms with E-state index in [0.29, 0.717) is 11.8 Å². The number of likely N-dealkylation sites (tertiary alicyclic amines) is 1. The zero-order valence-corrected chi connectivity index (χ0v) is 14.3. The van der Waals surface area contributed by atoms with Crippen molar-refractivity contribution in [2.24, 2.45) is 18.9 Å². The van der Waals surface area contributed by atoms with Gasteiger partial charge in [0, 0.05) is 32.5 Å². The zero-order valence-electron chi connectivity index (χ0n) is 14.3. The Morgan fingerprint density at radius 2 is 2.17 bits per heavy atom. The summed E-state index contributed by atoms with van der Waals surface area (Å²) in [6, 6.07) is -0.0244. The number of carbonyl (C=O) groups excluding carboxylic acids is 1. The van der Waals surface area contributed by atoms with Crippen molar-refractivity contribution >= 4 is 6.03 Å². The van der Waals surface area contributed by atoms with Gasteiger partial charge in [-0.1, -0.05) is 6.42 Å². The van der Waals surface area contributed by atoms with Gasteiger partial charge in [-0.3, -0.25) is 0 Å². The van der Waals surface area contributed by atoms with E-state index in [2.05, 4.69) is 27.6 Å². The Labute approximate surface area is 138 Å². The van der Waals surface area contributed by atoms with Crippen molar-refractivity contribution in [3.05, 3.63) is 18.2 Å². The van der Waals surface area contributed by atoms with Gasteiger partial charge in [0.05, 0.1) is 6.04 Å². The van der Waals surface area contributed by atoms with Crippen molar-refractivity contribution in [2.45, 2.75) is 38.1 Å². The Bertz CT molecular complexity index is 525. The van der Waals surface area contributed by atoms with Crippen LogP contribution >= 0.6 is 0 Å². The molecule has 1 saturated heterocycles. The zero-order chi connectivity index (χ0) is 16.2. The maximum atomic E-state index is 12.3. The number of aromatic nitrogens is 2. The number of nitrogens with zero attached hydrogens (tertiary/aromatic N) is 3. The third kappa shape index (κ3) is 4.47. The molecule has 2 aliphatic rings. The SMILES string of the molecule is CN1CCCCC(CNC(=O)NC(c2nccn2C)C2CC2)C1. The van der Waals surface area contributed by atoms with Crippen molar-refractivity contribution in [3.8, 4) is 0 Å². The topological polar surface area (TPSA) is 62.2 Å². The number of rotatable bonds is 5. The van der Waals surface area contributed by atoms with Gasteiger partial charge >= 0.3 is 6.03 Å². The first-order chi connectivity index (χ1) is 11.1. The van der Waals surface area contributed by atoms with Crippen LogP contribution < -0.4 is 10.6 Å². The van der Waals surface area contributed by atoms with Crippen LogP contribution in [0, 0.1) is 11.8 Å². The predicted molar refractivity (Wildman–Crippen MR) is 90.0 cm³/mol. The second-order valence-corrected chi connectivity index (χ2v) is 7.19. The maximum absolute atomic E-state index is 12.3. The smallest absolute Gasteiger partial charge is 0.315 e. The summed E-state index contributed by atoms with van der Waals surface area (Å²) >= 11 is 0. The molecule has 0 spiro atoms. The Morgan fingerprint density at radius 3 is 2.87 bits per heavy atom. The lowest BCUT2D eigenvalue weighted by atomic mass is 10.0. The van der Waals surface area contributed by atoms with E-state index in [1.165, 1.54) is 38.6 Å². The van der Waals surface area contributed by atoms with Gasteiger partial charge in [0.2, 0.25) is 0 Å². The molecule has 2 heterocycles. The molecule has 0 bridgehead atoms. The van der Waals surface area contributed by atoms with Crippen molar-refractivity contribution in [3.63, 3.8) is 0 Å². The quantitative estimate of drug-likeness (QED) is 0.871. The molecule has 2 N–H and O–H groups in total. The monoisotopic (exact) mass is 319 g/mol. The Balaban J connectivity index is 1.50. The fourth-order valence-corrected chi connectivity index (χ4v) is 3.53. The van der Waals surface area contributed by atoms with E-state index in [0.717, 1.165) is 18.9 Å². The lowest BCUT2D eigenvalue weighted by molar-refractivity contribution is 0.229. The maximum Gasteiger partial charge on any atom is 0.315 e. The van der Waals surface area contributed by atoms with Gasteiger partial charge in [0.1, 0.15) is 5.82 Å². The highest BCUT2D eigenvalue weighted by atomic mass is 16.2. The number of nitrogens with one attached hydrogen (secondary N) is 2. The van der Waals surface area contributed by atoms with Crippen LogP contribution in [0.5, 0.6) is 0 Å². The first-order valence-electron chi connectivity index (χ1n) is 8.83. The Morgan fingerprint density at radius 1 is 1.35 bits per heavy atom. The van der Waals surface area contributed by atoms with Crippen LogP contribution in [-0.2, 0) is 7.05 Å². The van der Waals surface area contributed by atoms with Crippen molar-refractivity contribution < 1.29 is 4.79 Å². The highest BCUT2D eigenvalue weighted by molar-refractivity contribution is 5.74.